The predicted octanol–water partition coefficient (Wildman–Crippen LogP) is 4.31. The molecule has 0 saturated carbocycles. The number of para-hydroxylation sites is 2. The summed E-state index contributed by atoms with van der Waals surface area (Å²) >= 11 is 0. The number of allylic oxidation sites excluding steroid dienone is 1. The number of hydrogen-bond donors (Lipinski definition) is 3. The van der Waals surface area contributed by atoms with E-state index in [2.05, 4.69) is 25.6 Å². The third-order valence-corrected chi connectivity index (χ3v) is 5.70. The minimum absolute atomic E-state index is 0.127. The average Bonchev–Trinajstić information content (AvgIpc) is 3.61. The van der Waals surface area contributed by atoms with Gasteiger partial charge in [0.05, 0.1) is 17.3 Å². The first-order valence-corrected chi connectivity index (χ1v) is 11.8. The maximum Gasteiger partial charge on any atom is 0.433 e. The Labute approximate surface area is 216 Å². The Morgan fingerprint density at radius 2 is 1.87 bits per heavy atom. The van der Waals surface area contributed by atoms with Gasteiger partial charge in [-0.2, -0.15) is 0 Å². The number of aromatic hydroxyl groups is 1. The summed E-state index contributed by atoms with van der Waals surface area (Å²) in [5.41, 5.74) is 2.27. The van der Waals surface area contributed by atoms with Crippen molar-refractivity contribution in [2.75, 3.05) is 18.4 Å². The van der Waals surface area contributed by atoms with Gasteiger partial charge in [0.1, 0.15) is 27.9 Å². The highest BCUT2D eigenvalue weighted by molar-refractivity contribution is 6.09. The fourth-order valence-electron chi connectivity index (χ4n) is 3.90. The number of nitro groups is 1. The smallest absolute Gasteiger partial charge is 0.433 e. The Morgan fingerprint density at radius 3 is 2.68 bits per heavy atom. The number of carbonyl (C=O) groups excluding carboxylic acids is 1. The SMILES string of the molecule is O=C(NCCNc1nc(/C=C/c2ccc([N+](=O)[O-])o2)nc2ccccc12)C1=CCC(c2ccccc2O)=N1. The number of fused-ring (bicyclic) bond motifs is 1. The zero-order chi connectivity index (χ0) is 26.5. The monoisotopic (exact) mass is 510 g/mol. The van der Waals surface area contributed by atoms with Crippen LogP contribution in [0.15, 0.2) is 81.8 Å². The quantitative estimate of drug-likeness (QED) is 0.171. The first kappa shape index (κ1) is 24.4. The van der Waals surface area contributed by atoms with Crippen LogP contribution in [0.5, 0.6) is 5.75 Å². The van der Waals surface area contributed by atoms with Crippen molar-refractivity contribution in [3.63, 3.8) is 0 Å². The maximum atomic E-state index is 12.6. The van der Waals surface area contributed by atoms with Crippen molar-refractivity contribution in [1.82, 2.24) is 15.3 Å². The Bertz CT molecular complexity index is 1620. The lowest BCUT2D eigenvalue weighted by Crippen LogP contribution is -2.29. The van der Waals surface area contributed by atoms with Crippen LogP contribution >= 0.6 is 0 Å². The number of furan rings is 1. The fraction of sp³-hybridized carbons (Fsp3) is 0.111. The zero-order valence-corrected chi connectivity index (χ0v) is 20.0. The maximum absolute atomic E-state index is 12.6. The number of benzene rings is 2. The van der Waals surface area contributed by atoms with Gasteiger partial charge >= 0.3 is 5.88 Å². The summed E-state index contributed by atoms with van der Waals surface area (Å²) < 4.78 is 5.14. The minimum atomic E-state index is -0.604. The van der Waals surface area contributed by atoms with E-state index in [1.165, 1.54) is 12.1 Å². The van der Waals surface area contributed by atoms with E-state index in [1.54, 1.807) is 36.4 Å². The van der Waals surface area contributed by atoms with E-state index in [9.17, 15) is 20.0 Å². The topological polar surface area (TPSA) is 156 Å². The van der Waals surface area contributed by atoms with E-state index < -0.39 is 4.92 Å². The molecule has 11 nitrogen and oxygen atoms in total. The number of phenols is 1. The molecule has 3 N–H and O–H groups in total. The Morgan fingerprint density at radius 1 is 1.05 bits per heavy atom. The van der Waals surface area contributed by atoms with Crippen molar-refractivity contribution in [2.24, 2.45) is 4.99 Å². The first-order chi connectivity index (χ1) is 18.5. The number of rotatable bonds is 9. The number of aliphatic imine (C=N–C) groups is 1. The summed E-state index contributed by atoms with van der Waals surface area (Å²) in [5.74, 6) is 0.747. The van der Waals surface area contributed by atoms with E-state index in [4.69, 9.17) is 4.42 Å². The summed E-state index contributed by atoms with van der Waals surface area (Å²) in [5, 5.41) is 27.7. The largest absolute Gasteiger partial charge is 0.507 e. The highest BCUT2D eigenvalue weighted by Crippen LogP contribution is 2.24. The number of amides is 1. The van der Waals surface area contributed by atoms with Crippen LogP contribution in [-0.2, 0) is 4.79 Å². The number of nitrogens with one attached hydrogen (secondary N) is 2. The molecule has 3 heterocycles. The van der Waals surface area contributed by atoms with Crippen molar-refractivity contribution >= 4 is 46.4 Å². The summed E-state index contributed by atoms with van der Waals surface area (Å²) in [6, 6.07) is 17.1. The number of carbonyl (C=O) groups is 1. The lowest BCUT2D eigenvalue weighted by molar-refractivity contribution is -0.402. The molecular weight excluding hydrogens is 488 g/mol. The number of anilines is 1. The van der Waals surface area contributed by atoms with Crippen molar-refractivity contribution in [3.8, 4) is 5.75 Å². The van der Waals surface area contributed by atoms with Gasteiger partial charge in [0.15, 0.2) is 5.82 Å². The van der Waals surface area contributed by atoms with E-state index in [0.29, 0.717) is 59.4 Å². The van der Waals surface area contributed by atoms with Crippen molar-refractivity contribution < 1.29 is 19.2 Å². The number of nitrogens with zero attached hydrogens (tertiary/aromatic N) is 4. The molecule has 1 amide bonds. The van der Waals surface area contributed by atoms with Gasteiger partial charge in [0.2, 0.25) is 0 Å². The van der Waals surface area contributed by atoms with Gasteiger partial charge in [-0.05, 0) is 48.6 Å². The van der Waals surface area contributed by atoms with E-state index in [1.807, 2.05) is 30.3 Å². The number of aromatic nitrogens is 2. The molecule has 0 bridgehead atoms. The Balaban J connectivity index is 1.22. The average molecular weight is 511 g/mol. The van der Waals surface area contributed by atoms with Crippen LogP contribution in [0.4, 0.5) is 11.7 Å². The molecule has 0 radical (unpaired) electrons. The van der Waals surface area contributed by atoms with Gasteiger partial charge in [-0.15, -0.1) is 0 Å². The molecule has 1 aliphatic heterocycles. The molecular formula is C27H22N6O5. The van der Waals surface area contributed by atoms with Crippen LogP contribution in [0.1, 0.15) is 23.6 Å². The number of phenolic OH excluding ortho intramolecular Hbond substituents is 1. The van der Waals surface area contributed by atoms with E-state index in [-0.39, 0.29) is 17.5 Å². The minimum Gasteiger partial charge on any atom is -0.507 e. The van der Waals surface area contributed by atoms with Gasteiger partial charge in [0.25, 0.3) is 5.91 Å². The van der Waals surface area contributed by atoms with Crippen LogP contribution in [0.2, 0.25) is 0 Å². The lowest BCUT2D eigenvalue weighted by Gasteiger charge is -2.10. The third kappa shape index (κ3) is 5.41. The summed E-state index contributed by atoms with van der Waals surface area (Å²) in [6.07, 6.45) is 5.36. The molecule has 38 heavy (non-hydrogen) atoms. The fourth-order valence-corrected chi connectivity index (χ4v) is 3.90. The lowest BCUT2D eigenvalue weighted by atomic mass is 10.1. The molecule has 0 unspecified atom stereocenters. The molecule has 1 aliphatic rings. The first-order valence-electron chi connectivity index (χ1n) is 11.8. The third-order valence-electron chi connectivity index (χ3n) is 5.70. The van der Waals surface area contributed by atoms with Gasteiger partial charge in [-0.1, -0.05) is 24.3 Å². The Hall–Kier alpha value is -5.32. The second-order valence-electron chi connectivity index (χ2n) is 8.27. The van der Waals surface area contributed by atoms with Crippen LogP contribution in [0.25, 0.3) is 23.1 Å². The molecule has 5 rings (SSSR count). The van der Waals surface area contributed by atoms with Gasteiger partial charge in [-0.3, -0.25) is 14.9 Å². The van der Waals surface area contributed by atoms with Gasteiger partial charge < -0.3 is 20.2 Å². The molecule has 2 aromatic carbocycles. The zero-order valence-electron chi connectivity index (χ0n) is 20.0. The molecule has 11 heteroatoms. The van der Waals surface area contributed by atoms with Crippen molar-refractivity contribution in [2.45, 2.75) is 6.42 Å². The van der Waals surface area contributed by atoms with Crippen LogP contribution in [0.3, 0.4) is 0 Å². The van der Waals surface area contributed by atoms with Crippen LogP contribution in [0, 0.1) is 10.1 Å². The molecule has 0 aliphatic carbocycles. The summed E-state index contributed by atoms with van der Waals surface area (Å²) in [4.78, 5) is 36.2. The highest BCUT2D eigenvalue weighted by atomic mass is 16.6. The van der Waals surface area contributed by atoms with Crippen molar-refractivity contribution in [1.29, 1.82) is 0 Å². The standard InChI is InChI=1S/C27H22N6O5/c34-23-8-4-2-5-18(23)21-11-12-22(30-21)27(35)29-16-15-28-26-19-6-1-3-7-20(19)31-24(32-26)13-9-17-10-14-25(38-17)33(36)37/h1-10,12-14,34H,11,15-16H2,(H,29,35)(H,28,31,32)/b13-9+. The predicted molar refractivity (Wildman–Crippen MR) is 143 cm³/mol. The van der Waals surface area contributed by atoms with E-state index >= 15 is 0 Å². The molecule has 0 fully saturated rings. The van der Waals surface area contributed by atoms with Crippen molar-refractivity contribution in [3.05, 3.63) is 99.7 Å². The van der Waals surface area contributed by atoms with Crippen LogP contribution < -0.4 is 10.6 Å². The van der Waals surface area contributed by atoms with E-state index in [0.717, 1.165) is 5.39 Å². The molecule has 2 aromatic heterocycles. The van der Waals surface area contributed by atoms with Gasteiger partial charge in [-0.25, -0.2) is 15.0 Å². The normalized spacial score (nSPS) is 12.9. The van der Waals surface area contributed by atoms with Crippen LogP contribution in [-0.4, -0.2) is 44.7 Å². The molecule has 0 atom stereocenters. The number of hydrogen-bond acceptors (Lipinski definition) is 9. The molecule has 190 valence electrons. The molecule has 0 saturated heterocycles. The molecule has 4 aromatic rings. The molecule has 0 spiro atoms. The Kier molecular flexibility index (Phi) is 6.89. The summed E-state index contributed by atoms with van der Waals surface area (Å²) in [6.45, 7) is 0.709. The summed E-state index contributed by atoms with van der Waals surface area (Å²) in [7, 11) is 0. The second-order valence-corrected chi connectivity index (χ2v) is 8.27. The second kappa shape index (κ2) is 10.7. The highest BCUT2D eigenvalue weighted by Gasteiger charge is 2.18. The van der Waals surface area contributed by atoms with Gasteiger partial charge in [0, 0.05) is 30.5 Å².